The van der Waals surface area contributed by atoms with E-state index < -0.39 is 8.24 Å². The molecule has 4 heteroatoms. The number of rotatable bonds is 3. The van der Waals surface area contributed by atoms with Crippen molar-refractivity contribution in [3.8, 4) is 0 Å². The van der Waals surface area contributed by atoms with Gasteiger partial charge in [0.05, 0.1) is 6.10 Å². The van der Waals surface area contributed by atoms with Crippen molar-refractivity contribution in [2.75, 3.05) is 0 Å². The van der Waals surface area contributed by atoms with Crippen LogP contribution in [0.15, 0.2) is 50.9 Å². The van der Waals surface area contributed by atoms with Crippen molar-refractivity contribution in [2.24, 2.45) is 0 Å². The Bertz CT molecular complexity index is 1550. The Morgan fingerprint density at radius 2 is 0.929 bits per heavy atom. The summed E-state index contributed by atoms with van der Waals surface area (Å²) >= 11 is 0. The molecule has 4 aromatic rings. The molecule has 3 nitrogen and oxygen atoms in total. The Balaban J connectivity index is 2.35. The van der Waals surface area contributed by atoms with Gasteiger partial charge in [-0.15, -0.1) is 0 Å². The lowest BCUT2D eigenvalue weighted by Crippen LogP contribution is -2.19. The van der Waals surface area contributed by atoms with Crippen LogP contribution in [0.3, 0.4) is 0 Å². The van der Waals surface area contributed by atoms with E-state index in [9.17, 15) is 0 Å². The van der Waals surface area contributed by atoms with E-state index in [1.807, 2.05) is 18.2 Å². The summed E-state index contributed by atoms with van der Waals surface area (Å²) in [4.78, 5) is 0. The van der Waals surface area contributed by atoms with Crippen LogP contribution in [0.4, 0.5) is 0 Å². The number of benzene rings is 3. The fourth-order valence-electron chi connectivity index (χ4n) is 6.10. The summed E-state index contributed by atoms with van der Waals surface area (Å²) in [6.07, 6.45) is -0.191. The lowest BCUT2D eigenvalue weighted by molar-refractivity contribution is 0.285. The first-order valence-corrected chi connectivity index (χ1v) is 16.5. The predicted octanol–water partition coefficient (Wildman–Crippen LogP) is 12.3. The smallest absolute Gasteiger partial charge is 0.388 e. The molecule has 1 atom stereocenters. The third-order valence-electron chi connectivity index (χ3n) is 8.41. The normalized spacial score (nSPS) is 14.1. The number of fused-ring (bicyclic) bond motifs is 3. The minimum Gasteiger partial charge on any atom is -0.399 e. The average Bonchev–Trinajstić information content (AvgIpc) is 2.99. The molecule has 0 saturated heterocycles. The quantitative estimate of drug-likeness (QED) is 0.239. The van der Waals surface area contributed by atoms with Crippen LogP contribution in [0.5, 0.6) is 0 Å². The highest BCUT2D eigenvalue weighted by Crippen LogP contribution is 2.48. The lowest BCUT2D eigenvalue weighted by atomic mass is 9.74. The number of hydrogen-bond acceptors (Lipinski definition) is 3. The van der Waals surface area contributed by atoms with Crippen LogP contribution in [-0.2, 0) is 21.7 Å². The van der Waals surface area contributed by atoms with Crippen LogP contribution >= 0.6 is 8.24 Å². The molecule has 0 aliphatic rings. The van der Waals surface area contributed by atoms with Gasteiger partial charge in [0.15, 0.2) is 0 Å². The van der Waals surface area contributed by atoms with Gasteiger partial charge in [-0.3, -0.25) is 4.52 Å². The minimum absolute atomic E-state index is 0.0438. The van der Waals surface area contributed by atoms with E-state index in [-0.39, 0.29) is 27.8 Å². The zero-order valence-electron chi connectivity index (χ0n) is 28.8. The van der Waals surface area contributed by atoms with Crippen molar-refractivity contribution < 1.29 is 12.9 Å². The fourth-order valence-corrected chi connectivity index (χ4v) is 7.28. The molecule has 42 heavy (non-hydrogen) atoms. The molecule has 0 spiro atoms. The summed E-state index contributed by atoms with van der Waals surface area (Å²) in [6, 6.07) is 15.1. The second-order valence-corrected chi connectivity index (χ2v) is 17.2. The molecule has 0 bridgehead atoms. The van der Waals surface area contributed by atoms with Crippen molar-refractivity contribution >= 4 is 30.2 Å². The van der Waals surface area contributed by atoms with Gasteiger partial charge in [0.2, 0.25) is 0 Å². The van der Waals surface area contributed by atoms with Crippen molar-refractivity contribution in [1.29, 1.82) is 0 Å². The predicted molar refractivity (Wildman–Crippen MR) is 182 cm³/mol. The Morgan fingerprint density at radius 3 is 1.26 bits per heavy atom. The minimum atomic E-state index is -1.76. The molecule has 0 saturated carbocycles. The summed E-state index contributed by atoms with van der Waals surface area (Å²) in [5.74, 6) is 0. The molecule has 0 fully saturated rings. The second kappa shape index (κ2) is 10.9. The molecule has 0 amide bonds. The van der Waals surface area contributed by atoms with Crippen molar-refractivity contribution in [2.45, 2.75) is 132 Å². The van der Waals surface area contributed by atoms with E-state index in [1.54, 1.807) is 0 Å². The topological polar surface area (TPSA) is 35.5 Å². The number of aryl methyl sites for hydroxylation is 2. The summed E-state index contributed by atoms with van der Waals surface area (Å²) in [5, 5.41) is 2.30. The monoisotopic (exact) mass is 588 g/mol. The average molecular weight is 589 g/mol. The van der Waals surface area contributed by atoms with Gasteiger partial charge in [-0.2, -0.15) is 0 Å². The van der Waals surface area contributed by atoms with Crippen LogP contribution in [0.25, 0.3) is 21.9 Å². The van der Waals surface area contributed by atoms with Crippen LogP contribution in [-0.4, -0.2) is 0 Å². The zero-order valence-corrected chi connectivity index (χ0v) is 29.7. The van der Waals surface area contributed by atoms with Gasteiger partial charge in [-0.05, 0) is 70.2 Å². The van der Waals surface area contributed by atoms with Gasteiger partial charge < -0.3 is 8.39 Å². The SMILES string of the molecule is Cc1c(C(C)(C)C)cc(C(C)(C)C)c2op(O[C@H](C)c3ccccc3)oc3c(C(C)(C)C)cc(C(C)(C)C)c(C)c3c12. The Labute approximate surface area is 255 Å². The summed E-state index contributed by atoms with van der Waals surface area (Å²) < 4.78 is 20.7. The molecule has 1 heterocycles. The van der Waals surface area contributed by atoms with Gasteiger partial charge in [-0.1, -0.05) is 126 Å². The molecule has 1 aromatic heterocycles. The zero-order chi connectivity index (χ0) is 31.6. The van der Waals surface area contributed by atoms with Crippen LogP contribution in [0.2, 0.25) is 0 Å². The Hall–Kier alpha value is -2.48. The fraction of sp³-hybridized carbons (Fsp3) is 0.526. The highest BCUT2D eigenvalue weighted by molar-refractivity contribution is 7.31. The molecule has 228 valence electrons. The van der Waals surface area contributed by atoms with Gasteiger partial charge in [0.25, 0.3) is 0 Å². The van der Waals surface area contributed by atoms with Crippen LogP contribution in [0, 0.1) is 13.8 Å². The molecular formula is C38H53O3P. The molecule has 0 unspecified atom stereocenters. The van der Waals surface area contributed by atoms with Gasteiger partial charge in [0.1, 0.15) is 11.2 Å². The molecule has 3 aromatic carbocycles. The maximum atomic E-state index is 7.01. The van der Waals surface area contributed by atoms with E-state index in [0.717, 1.165) is 27.5 Å². The second-order valence-electron chi connectivity index (χ2n) is 16.2. The van der Waals surface area contributed by atoms with Gasteiger partial charge in [0, 0.05) is 21.9 Å². The van der Waals surface area contributed by atoms with Gasteiger partial charge >= 0.3 is 8.24 Å². The van der Waals surface area contributed by atoms with Crippen molar-refractivity contribution in [3.63, 3.8) is 0 Å². The summed E-state index contributed by atoms with van der Waals surface area (Å²) in [6.45, 7) is 34.1. The summed E-state index contributed by atoms with van der Waals surface area (Å²) in [5.41, 5.74) is 10.0. The third kappa shape index (κ3) is 6.24. The van der Waals surface area contributed by atoms with Crippen molar-refractivity contribution in [3.05, 3.63) is 81.4 Å². The van der Waals surface area contributed by atoms with Crippen LogP contribution < -0.4 is 4.52 Å². The van der Waals surface area contributed by atoms with Crippen molar-refractivity contribution in [1.82, 2.24) is 0 Å². The standard InChI is InChI=1S/C38H53O3P/c1-23-27(35(4,5)6)21-29(37(10,11)12)33-31(23)32-24(2)28(36(7,8)9)22-30(38(13,14)15)34(32)41-42(40-33)39-25(3)26-19-17-16-18-20-26/h16-22,25H,1-15H3/t25-/m1/s1. The highest BCUT2D eigenvalue weighted by Gasteiger charge is 2.32. The van der Waals surface area contributed by atoms with Gasteiger partial charge in [-0.25, -0.2) is 0 Å². The first kappa shape index (κ1) is 32.4. The molecule has 0 N–H and O–H groups in total. The van der Waals surface area contributed by atoms with Crippen LogP contribution in [0.1, 0.15) is 135 Å². The maximum absolute atomic E-state index is 7.01. The molecule has 0 aliphatic carbocycles. The maximum Gasteiger partial charge on any atom is 0.388 e. The Kier molecular flexibility index (Phi) is 8.42. The molecule has 0 radical (unpaired) electrons. The molecule has 4 rings (SSSR count). The van der Waals surface area contributed by atoms with E-state index >= 15 is 0 Å². The summed E-state index contributed by atoms with van der Waals surface area (Å²) in [7, 11) is -1.76. The van der Waals surface area contributed by atoms with E-state index in [4.69, 9.17) is 12.9 Å². The first-order valence-electron chi connectivity index (χ1n) is 15.4. The largest absolute Gasteiger partial charge is 0.399 e. The van der Waals surface area contributed by atoms with E-state index in [0.29, 0.717) is 0 Å². The third-order valence-corrected chi connectivity index (χ3v) is 9.56. The Morgan fingerprint density at radius 1 is 0.571 bits per heavy atom. The lowest BCUT2D eigenvalue weighted by Gasteiger charge is -2.30. The van der Waals surface area contributed by atoms with E-state index in [2.05, 4.69) is 128 Å². The first-order chi connectivity index (χ1) is 19.1. The molecule has 0 aliphatic heterocycles. The number of hydrogen-bond donors (Lipinski definition) is 0. The molecular weight excluding hydrogens is 535 g/mol. The highest BCUT2D eigenvalue weighted by atomic mass is 31.1. The van der Waals surface area contributed by atoms with E-state index in [1.165, 1.54) is 33.4 Å².